The van der Waals surface area contributed by atoms with Crippen LogP contribution in [0.2, 0.25) is 0 Å². The molecule has 4 nitrogen and oxygen atoms in total. The minimum absolute atomic E-state index is 0.115. The van der Waals surface area contributed by atoms with E-state index in [0.29, 0.717) is 5.01 Å². The van der Waals surface area contributed by atoms with Crippen LogP contribution in [0.5, 0.6) is 0 Å². The number of nitrogens with one attached hydrogen (secondary N) is 1. The SMILES string of the molecule is CCC(CC)NC(=O)c1nncs1. The second-order valence-electron chi connectivity index (χ2n) is 2.73. The number of carbonyl (C=O) groups excluding carboxylic acids is 1. The molecular weight excluding hydrogens is 186 g/mol. The van der Waals surface area contributed by atoms with Crippen LogP contribution >= 0.6 is 11.3 Å². The quantitative estimate of drug-likeness (QED) is 0.798. The summed E-state index contributed by atoms with van der Waals surface area (Å²) in [6, 6.07) is 0.247. The molecule has 13 heavy (non-hydrogen) atoms. The fourth-order valence-corrected chi connectivity index (χ4v) is 1.47. The molecular formula is C8H13N3OS. The smallest absolute Gasteiger partial charge is 0.282 e. The van der Waals surface area contributed by atoms with Gasteiger partial charge in [0.05, 0.1) is 0 Å². The third-order valence-electron chi connectivity index (χ3n) is 1.88. The van der Waals surface area contributed by atoms with Crippen LogP contribution in [0.3, 0.4) is 0 Å². The van der Waals surface area contributed by atoms with Gasteiger partial charge >= 0.3 is 0 Å². The van der Waals surface area contributed by atoms with Gasteiger partial charge < -0.3 is 5.32 Å². The first kappa shape index (κ1) is 10.1. The zero-order valence-electron chi connectivity index (χ0n) is 7.78. The molecule has 0 bridgehead atoms. The molecule has 0 unspecified atom stereocenters. The summed E-state index contributed by atoms with van der Waals surface area (Å²) in [5, 5.41) is 10.6. The summed E-state index contributed by atoms with van der Waals surface area (Å²) in [6.45, 7) is 4.10. The summed E-state index contributed by atoms with van der Waals surface area (Å²) in [7, 11) is 0. The van der Waals surface area contributed by atoms with E-state index in [-0.39, 0.29) is 11.9 Å². The summed E-state index contributed by atoms with van der Waals surface area (Å²) in [4.78, 5) is 11.4. The fourth-order valence-electron chi connectivity index (χ4n) is 1.01. The molecule has 1 aromatic heterocycles. The van der Waals surface area contributed by atoms with Gasteiger partial charge in [-0.2, -0.15) is 0 Å². The number of aromatic nitrogens is 2. The van der Waals surface area contributed by atoms with E-state index in [0.717, 1.165) is 12.8 Å². The van der Waals surface area contributed by atoms with E-state index in [4.69, 9.17) is 0 Å². The van der Waals surface area contributed by atoms with Gasteiger partial charge in [-0.3, -0.25) is 4.79 Å². The highest BCUT2D eigenvalue weighted by Crippen LogP contribution is 2.03. The van der Waals surface area contributed by atoms with Crippen LogP contribution in [0.4, 0.5) is 0 Å². The van der Waals surface area contributed by atoms with Gasteiger partial charge in [0.25, 0.3) is 5.91 Å². The van der Waals surface area contributed by atoms with Crippen LogP contribution in [-0.2, 0) is 0 Å². The summed E-state index contributed by atoms with van der Waals surface area (Å²) < 4.78 is 0. The minimum Gasteiger partial charge on any atom is -0.347 e. The van der Waals surface area contributed by atoms with Crippen molar-refractivity contribution in [3.8, 4) is 0 Å². The van der Waals surface area contributed by atoms with Gasteiger partial charge in [-0.25, -0.2) is 0 Å². The molecule has 0 aliphatic heterocycles. The third kappa shape index (κ3) is 2.77. The van der Waals surface area contributed by atoms with Crippen LogP contribution in [0, 0.1) is 0 Å². The predicted molar refractivity (Wildman–Crippen MR) is 51.7 cm³/mol. The zero-order chi connectivity index (χ0) is 9.68. The van der Waals surface area contributed by atoms with E-state index in [9.17, 15) is 4.79 Å². The summed E-state index contributed by atoms with van der Waals surface area (Å²) in [5.41, 5.74) is 1.56. The molecule has 0 fully saturated rings. The lowest BCUT2D eigenvalue weighted by Crippen LogP contribution is -2.33. The lowest BCUT2D eigenvalue weighted by Gasteiger charge is -2.12. The van der Waals surface area contributed by atoms with Crippen molar-refractivity contribution < 1.29 is 4.79 Å². The van der Waals surface area contributed by atoms with Crippen molar-refractivity contribution in [2.45, 2.75) is 32.7 Å². The molecule has 0 radical (unpaired) electrons. The molecule has 1 amide bonds. The van der Waals surface area contributed by atoms with Crippen molar-refractivity contribution in [2.24, 2.45) is 0 Å². The molecule has 0 saturated heterocycles. The molecule has 1 heterocycles. The van der Waals surface area contributed by atoms with E-state index >= 15 is 0 Å². The highest BCUT2D eigenvalue weighted by Gasteiger charge is 2.12. The van der Waals surface area contributed by atoms with Crippen LogP contribution < -0.4 is 5.32 Å². The molecule has 0 spiro atoms. The first-order valence-corrected chi connectivity index (χ1v) is 5.22. The Hall–Kier alpha value is -0.970. The highest BCUT2D eigenvalue weighted by molar-refractivity contribution is 7.11. The Labute approximate surface area is 81.4 Å². The molecule has 1 N–H and O–H groups in total. The van der Waals surface area contributed by atoms with Crippen molar-refractivity contribution >= 4 is 17.2 Å². The maximum Gasteiger partial charge on any atom is 0.282 e. The molecule has 0 aliphatic carbocycles. The Morgan fingerprint density at radius 3 is 2.77 bits per heavy atom. The van der Waals surface area contributed by atoms with Crippen LogP contribution in [0.1, 0.15) is 36.5 Å². The second-order valence-corrected chi connectivity index (χ2v) is 3.56. The van der Waals surface area contributed by atoms with Crippen molar-refractivity contribution in [3.05, 3.63) is 10.5 Å². The van der Waals surface area contributed by atoms with Crippen molar-refractivity contribution in [1.82, 2.24) is 15.5 Å². The fraction of sp³-hybridized carbons (Fsp3) is 0.625. The Morgan fingerprint density at radius 1 is 1.62 bits per heavy atom. The molecule has 0 atom stereocenters. The molecule has 5 heteroatoms. The summed E-state index contributed by atoms with van der Waals surface area (Å²) in [6.07, 6.45) is 1.89. The number of nitrogens with zero attached hydrogens (tertiary/aromatic N) is 2. The monoisotopic (exact) mass is 199 g/mol. The standard InChI is InChI=1S/C8H13N3OS/c1-3-6(4-2)10-7(12)8-11-9-5-13-8/h5-6H,3-4H2,1-2H3,(H,10,12). The lowest BCUT2D eigenvalue weighted by molar-refractivity contribution is 0.0933. The largest absolute Gasteiger partial charge is 0.347 e. The number of hydrogen-bond donors (Lipinski definition) is 1. The van der Waals surface area contributed by atoms with E-state index in [1.54, 1.807) is 5.51 Å². The number of amides is 1. The molecule has 0 saturated carbocycles. The van der Waals surface area contributed by atoms with Gasteiger partial charge in [-0.05, 0) is 12.8 Å². The normalized spacial score (nSPS) is 10.4. The first-order chi connectivity index (χ1) is 6.27. The van der Waals surface area contributed by atoms with Crippen molar-refractivity contribution in [2.75, 3.05) is 0 Å². The van der Waals surface area contributed by atoms with E-state index < -0.39 is 0 Å². The van der Waals surface area contributed by atoms with E-state index in [1.165, 1.54) is 11.3 Å². The average molecular weight is 199 g/mol. The highest BCUT2D eigenvalue weighted by atomic mass is 32.1. The Morgan fingerprint density at radius 2 is 2.31 bits per heavy atom. The molecule has 1 aromatic rings. The number of carbonyl (C=O) groups is 1. The van der Waals surface area contributed by atoms with Crippen molar-refractivity contribution in [1.29, 1.82) is 0 Å². The van der Waals surface area contributed by atoms with Gasteiger partial charge in [-0.15, -0.1) is 10.2 Å². The summed E-state index contributed by atoms with van der Waals surface area (Å²) in [5.74, 6) is -0.115. The van der Waals surface area contributed by atoms with E-state index in [2.05, 4.69) is 29.4 Å². The maximum atomic E-state index is 11.4. The van der Waals surface area contributed by atoms with Crippen molar-refractivity contribution in [3.63, 3.8) is 0 Å². The number of hydrogen-bond acceptors (Lipinski definition) is 4. The van der Waals surface area contributed by atoms with Crippen LogP contribution in [-0.4, -0.2) is 22.1 Å². The predicted octanol–water partition coefficient (Wildman–Crippen LogP) is 1.46. The third-order valence-corrected chi connectivity index (χ3v) is 2.57. The average Bonchev–Trinajstić information content (AvgIpc) is 2.66. The molecule has 0 aliphatic rings. The second kappa shape index (κ2) is 4.91. The zero-order valence-corrected chi connectivity index (χ0v) is 8.60. The van der Waals surface area contributed by atoms with Crippen LogP contribution in [0.25, 0.3) is 0 Å². The van der Waals surface area contributed by atoms with Gasteiger partial charge in [0.2, 0.25) is 5.01 Å². The Kier molecular flexibility index (Phi) is 3.82. The van der Waals surface area contributed by atoms with Gasteiger partial charge in [0.15, 0.2) is 0 Å². The first-order valence-electron chi connectivity index (χ1n) is 4.35. The van der Waals surface area contributed by atoms with Crippen LogP contribution in [0.15, 0.2) is 5.51 Å². The molecule has 72 valence electrons. The minimum atomic E-state index is -0.115. The lowest BCUT2D eigenvalue weighted by atomic mass is 10.2. The Balaban J connectivity index is 2.50. The topological polar surface area (TPSA) is 54.9 Å². The maximum absolute atomic E-state index is 11.4. The van der Waals surface area contributed by atoms with Gasteiger partial charge in [-0.1, -0.05) is 25.2 Å². The molecule has 0 aromatic carbocycles. The van der Waals surface area contributed by atoms with E-state index in [1.807, 2.05) is 0 Å². The van der Waals surface area contributed by atoms with Gasteiger partial charge in [0, 0.05) is 6.04 Å². The number of rotatable bonds is 4. The summed E-state index contributed by atoms with van der Waals surface area (Å²) >= 11 is 1.26. The molecule has 1 rings (SSSR count). The van der Waals surface area contributed by atoms with Gasteiger partial charge in [0.1, 0.15) is 5.51 Å². The Bertz CT molecular complexity index is 256.